The van der Waals surface area contributed by atoms with Crippen LogP contribution in [0.5, 0.6) is 0 Å². The average Bonchev–Trinajstić information content (AvgIpc) is 1.50. The van der Waals surface area contributed by atoms with Crippen LogP contribution in [0.4, 0.5) is 19.2 Å². The molecule has 0 radical (unpaired) electrons. The van der Waals surface area contributed by atoms with Crippen molar-refractivity contribution in [2.45, 2.75) is 153 Å². The van der Waals surface area contributed by atoms with Gasteiger partial charge in [-0.2, -0.15) is 0 Å². The standard InChI is InChI=1S/4C26H36N6O3/c4*1-3-10-31-16-18(25(34)32(26(35)28-4-2)11-6-9-29-23(33)14-27)12-20-19-7-5-8-21-24(19)17(15-30-21)13-22(20)31/h4*3,5,7-8,15,18,20,22,30H,1,4,6,9-14,16,27H2,2H3,(H,28,35)(H,29,33)/t4*18-,20-,22-/m1111/s1. The average molecular weight is 1920 g/mol. The third-order valence-corrected chi connectivity index (χ3v) is 28.8. The summed E-state index contributed by atoms with van der Waals surface area (Å²) in [4.78, 5) is 180. The van der Waals surface area contributed by atoms with Crippen LogP contribution in [0.25, 0.3) is 43.6 Å². The van der Waals surface area contributed by atoms with Crippen molar-refractivity contribution in [1.29, 1.82) is 0 Å². The summed E-state index contributed by atoms with van der Waals surface area (Å²) < 4.78 is 0. The molecule has 0 saturated carbocycles. The van der Waals surface area contributed by atoms with Gasteiger partial charge in [0.15, 0.2) is 0 Å². The van der Waals surface area contributed by atoms with Gasteiger partial charge in [-0.05, 0) is 174 Å². The summed E-state index contributed by atoms with van der Waals surface area (Å²) in [6, 6.07) is 25.0. The van der Waals surface area contributed by atoms with Gasteiger partial charge in [-0.25, -0.2) is 19.2 Å². The zero-order chi connectivity index (χ0) is 99.8. The lowest BCUT2D eigenvalue weighted by atomic mass is 9.72. The summed E-state index contributed by atoms with van der Waals surface area (Å²) in [5.74, 6) is -2.14. The lowest BCUT2D eigenvalue weighted by Gasteiger charge is -2.47. The Kier molecular flexibility index (Phi) is 37.3. The molecule has 4 aromatic heterocycles. The second kappa shape index (κ2) is 49.9. The van der Waals surface area contributed by atoms with Crippen LogP contribution >= 0.6 is 0 Å². The Morgan fingerprint density at radius 3 is 0.721 bits per heavy atom. The molecule has 12 atom stereocenters. The summed E-state index contributed by atoms with van der Waals surface area (Å²) in [5, 5.41) is 27.0. The number of rotatable bonds is 36. The number of piperidine rings is 4. The zero-order valence-electron chi connectivity index (χ0n) is 81.5. The van der Waals surface area contributed by atoms with Gasteiger partial charge in [-0.15, -0.1) is 26.3 Å². The quantitative estimate of drug-likeness (QED) is 0.0141. The van der Waals surface area contributed by atoms with E-state index in [4.69, 9.17) is 22.9 Å². The Bertz CT molecular complexity index is 5070. The molecule has 4 aliphatic carbocycles. The Labute approximate surface area is 818 Å². The maximum Gasteiger partial charge on any atom is 0.324 e. The minimum Gasteiger partial charge on any atom is -0.361 e. The molecule has 4 fully saturated rings. The monoisotopic (exact) mass is 1920 g/mol. The first-order chi connectivity index (χ1) is 67.9. The van der Waals surface area contributed by atoms with Gasteiger partial charge in [0.1, 0.15) is 0 Å². The van der Waals surface area contributed by atoms with Crippen molar-refractivity contribution >= 4 is 115 Å². The van der Waals surface area contributed by atoms with E-state index < -0.39 is 24.1 Å². The highest BCUT2D eigenvalue weighted by molar-refractivity contribution is 6.00. The topological polar surface area (TPSA) is 494 Å². The number of benzene rings is 4. The molecule has 16 amide bonds. The van der Waals surface area contributed by atoms with E-state index in [1.54, 1.807) is 0 Å². The molecule has 4 aliphatic heterocycles. The largest absolute Gasteiger partial charge is 0.361 e. The molecular formula is C104H144N24O12. The molecule has 8 heterocycles. The molecule has 140 heavy (non-hydrogen) atoms. The first-order valence-electron chi connectivity index (χ1n) is 49.9. The third-order valence-electron chi connectivity index (χ3n) is 28.8. The van der Waals surface area contributed by atoms with Crippen molar-refractivity contribution in [3.8, 4) is 0 Å². The first kappa shape index (κ1) is 105. The number of carbonyl (C=O) groups is 12. The van der Waals surface area contributed by atoms with Crippen molar-refractivity contribution in [1.82, 2.24) is 102 Å². The number of imide groups is 4. The molecule has 0 spiro atoms. The van der Waals surface area contributed by atoms with Gasteiger partial charge in [-0.1, -0.05) is 72.8 Å². The smallest absolute Gasteiger partial charge is 0.324 e. The van der Waals surface area contributed by atoms with Crippen LogP contribution < -0.4 is 65.5 Å². The highest BCUT2D eigenvalue weighted by Crippen LogP contribution is 2.50. The van der Waals surface area contributed by atoms with Crippen LogP contribution in [0.2, 0.25) is 0 Å². The predicted octanol–water partition coefficient (Wildman–Crippen LogP) is 6.83. The Hall–Kier alpha value is -12.7. The van der Waals surface area contributed by atoms with E-state index >= 15 is 0 Å². The zero-order valence-corrected chi connectivity index (χ0v) is 81.5. The number of amides is 16. The number of hydrogen-bond acceptors (Lipinski definition) is 20. The SMILES string of the molecule is C=CCN1C[C@H](C(=O)N(CCCNC(=O)CN)C(=O)NCC)C[C@@H]2c3cccc4[nH]cc(c34)C[C@H]21.C=CCN1C[C@H](C(=O)N(CCCNC(=O)CN)C(=O)NCC)C[C@@H]2c3cccc4[nH]cc(c34)C[C@H]21.C=CCN1C[C@H](C(=O)N(CCCNC(=O)CN)C(=O)NCC)C[C@@H]2c3cccc4[nH]cc(c34)C[C@H]21.C=CCN1C[C@H](C(=O)N(CCCNC(=O)CN)C(=O)NCC)C[C@@H]2c3cccc4[nH]cc(c34)C[C@H]21. The number of fused-ring (bicyclic) bond motifs is 8. The van der Waals surface area contributed by atoms with E-state index in [0.717, 1.165) is 47.8 Å². The molecular weight excluding hydrogens is 1780 g/mol. The summed E-state index contributed by atoms with van der Waals surface area (Å²) in [6.45, 7) is 31.9. The van der Waals surface area contributed by atoms with Crippen LogP contribution in [0, 0.1) is 23.7 Å². The van der Waals surface area contributed by atoms with E-state index in [0.29, 0.717) is 156 Å². The molecule has 0 bridgehead atoms. The number of aromatic nitrogens is 4. The number of hydrogen-bond donors (Lipinski definition) is 16. The van der Waals surface area contributed by atoms with E-state index in [-0.39, 0.29) is 171 Å². The minimum atomic E-state index is -0.390. The van der Waals surface area contributed by atoms with Crippen LogP contribution in [-0.4, -0.2) is 312 Å². The highest BCUT2D eigenvalue weighted by atomic mass is 16.2. The van der Waals surface area contributed by atoms with E-state index in [1.807, 2.05) is 52.0 Å². The van der Waals surface area contributed by atoms with Gasteiger partial charge in [0.05, 0.1) is 49.9 Å². The Balaban J connectivity index is 0.000000157. The molecule has 36 heteroatoms. The van der Waals surface area contributed by atoms with Crippen molar-refractivity contribution < 1.29 is 57.5 Å². The molecule has 20 N–H and O–H groups in total. The number of urea groups is 4. The van der Waals surface area contributed by atoms with Crippen LogP contribution in [0.3, 0.4) is 0 Å². The molecule has 752 valence electrons. The molecule has 16 rings (SSSR count). The fraction of sp³-hybridized carbons (Fsp3) is 0.500. The fourth-order valence-electron chi connectivity index (χ4n) is 22.7. The maximum absolute atomic E-state index is 13.8. The van der Waals surface area contributed by atoms with E-state index in [9.17, 15) is 57.5 Å². The fourth-order valence-corrected chi connectivity index (χ4v) is 22.7. The number of aromatic amines is 4. The summed E-state index contributed by atoms with van der Waals surface area (Å²) in [7, 11) is 0. The number of carbonyl (C=O) groups excluding carboxylic acids is 12. The van der Waals surface area contributed by atoms with Gasteiger partial charge in [0.2, 0.25) is 47.3 Å². The van der Waals surface area contributed by atoms with E-state index in [1.165, 1.54) is 85.7 Å². The normalized spacial score (nSPS) is 21.3. The van der Waals surface area contributed by atoms with E-state index in [2.05, 4.69) is 206 Å². The summed E-state index contributed by atoms with van der Waals surface area (Å²) >= 11 is 0. The number of nitrogens with zero attached hydrogens (tertiary/aromatic N) is 8. The molecule has 4 saturated heterocycles. The number of H-pyrrole nitrogens is 4. The highest BCUT2D eigenvalue weighted by Gasteiger charge is 2.50. The van der Waals surface area contributed by atoms with Crippen LogP contribution in [0.1, 0.15) is 147 Å². The second-order valence-electron chi connectivity index (χ2n) is 37.5. The number of nitrogens with two attached hydrogens (primary N) is 4. The Morgan fingerprint density at radius 1 is 0.329 bits per heavy atom. The van der Waals surface area contributed by atoms with Crippen molar-refractivity contribution in [3.05, 3.63) is 193 Å². The summed E-state index contributed by atoms with van der Waals surface area (Å²) in [5.41, 5.74) is 36.2. The lowest BCUT2D eigenvalue weighted by molar-refractivity contribution is -0.136. The molecule has 0 unspecified atom stereocenters. The second-order valence-corrected chi connectivity index (χ2v) is 37.5. The minimum absolute atomic E-state index is 0.0850. The first-order valence-corrected chi connectivity index (χ1v) is 49.9. The predicted molar refractivity (Wildman–Crippen MR) is 544 cm³/mol. The maximum atomic E-state index is 13.8. The number of likely N-dealkylation sites (tertiary alicyclic amines) is 4. The van der Waals surface area contributed by atoms with Gasteiger partial charge in [-0.3, -0.25) is 77.6 Å². The lowest BCUT2D eigenvalue weighted by Crippen LogP contribution is -2.55. The third kappa shape index (κ3) is 24.1. The molecule has 4 aromatic carbocycles. The van der Waals surface area contributed by atoms with Crippen LogP contribution in [-0.2, 0) is 64.0 Å². The Morgan fingerprint density at radius 2 is 0.536 bits per heavy atom. The van der Waals surface area contributed by atoms with Crippen molar-refractivity contribution in [2.75, 3.05) is 157 Å². The van der Waals surface area contributed by atoms with Gasteiger partial charge < -0.3 is 85.4 Å². The summed E-state index contributed by atoms with van der Waals surface area (Å²) in [6.07, 6.45) is 24.3. The van der Waals surface area contributed by atoms with Crippen molar-refractivity contribution in [3.63, 3.8) is 0 Å². The number of nitrogens with one attached hydrogen (secondary N) is 12. The molecule has 36 nitrogen and oxygen atoms in total. The molecule has 8 aliphatic rings. The van der Waals surface area contributed by atoms with Gasteiger partial charge >= 0.3 is 24.1 Å². The van der Waals surface area contributed by atoms with Gasteiger partial charge in [0, 0.05) is 247 Å². The van der Waals surface area contributed by atoms with Crippen LogP contribution in [0.15, 0.2) is 148 Å². The van der Waals surface area contributed by atoms with Crippen molar-refractivity contribution in [2.24, 2.45) is 46.6 Å². The van der Waals surface area contributed by atoms with Gasteiger partial charge in [0.25, 0.3) is 0 Å². The molecule has 8 aromatic rings.